The lowest BCUT2D eigenvalue weighted by atomic mass is 10.1. The van der Waals surface area contributed by atoms with E-state index in [1.807, 2.05) is 18.2 Å². The second-order valence-electron chi connectivity index (χ2n) is 3.35. The minimum Gasteiger partial charge on any atom is -0.375 e. The van der Waals surface area contributed by atoms with E-state index in [4.69, 9.17) is 4.74 Å². The molecule has 0 aromatic carbocycles. The number of aromatic nitrogens is 1. The SMILES string of the molecule is Brc1cccc(CC2CNCCO2)n1. The summed E-state index contributed by atoms with van der Waals surface area (Å²) in [5.74, 6) is 0. The van der Waals surface area contributed by atoms with Crippen LogP contribution in [0.25, 0.3) is 0 Å². The molecule has 4 heteroatoms. The Kier molecular flexibility index (Phi) is 3.50. The minimum atomic E-state index is 0.269. The number of hydrogen-bond donors (Lipinski definition) is 1. The van der Waals surface area contributed by atoms with Gasteiger partial charge >= 0.3 is 0 Å². The molecule has 1 fully saturated rings. The third-order valence-electron chi connectivity index (χ3n) is 2.21. The van der Waals surface area contributed by atoms with Crippen LogP contribution in [0.4, 0.5) is 0 Å². The second-order valence-corrected chi connectivity index (χ2v) is 4.17. The summed E-state index contributed by atoms with van der Waals surface area (Å²) in [6.07, 6.45) is 1.15. The van der Waals surface area contributed by atoms with Crippen molar-refractivity contribution in [1.29, 1.82) is 0 Å². The molecule has 0 amide bonds. The number of nitrogens with one attached hydrogen (secondary N) is 1. The van der Waals surface area contributed by atoms with Crippen LogP contribution in [0.5, 0.6) is 0 Å². The van der Waals surface area contributed by atoms with Gasteiger partial charge in [-0.25, -0.2) is 4.98 Å². The number of rotatable bonds is 2. The van der Waals surface area contributed by atoms with Gasteiger partial charge in [0.25, 0.3) is 0 Å². The van der Waals surface area contributed by atoms with Crippen molar-refractivity contribution in [2.75, 3.05) is 19.7 Å². The topological polar surface area (TPSA) is 34.1 Å². The molecule has 14 heavy (non-hydrogen) atoms. The highest BCUT2D eigenvalue weighted by molar-refractivity contribution is 9.10. The zero-order valence-corrected chi connectivity index (χ0v) is 9.46. The highest BCUT2D eigenvalue weighted by Crippen LogP contribution is 2.10. The monoisotopic (exact) mass is 256 g/mol. The molecule has 2 heterocycles. The Hall–Kier alpha value is -0.450. The Morgan fingerprint density at radius 3 is 3.21 bits per heavy atom. The summed E-state index contributed by atoms with van der Waals surface area (Å²) in [4.78, 5) is 4.38. The molecule has 1 aliphatic rings. The Bertz CT molecular complexity index is 300. The Labute approximate surface area is 92.0 Å². The third-order valence-corrected chi connectivity index (χ3v) is 2.66. The number of pyridine rings is 1. The molecule has 0 saturated carbocycles. The van der Waals surface area contributed by atoms with Gasteiger partial charge < -0.3 is 10.1 Å². The van der Waals surface area contributed by atoms with E-state index >= 15 is 0 Å². The van der Waals surface area contributed by atoms with E-state index in [0.717, 1.165) is 36.4 Å². The number of halogens is 1. The van der Waals surface area contributed by atoms with Gasteiger partial charge in [0.15, 0.2) is 0 Å². The van der Waals surface area contributed by atoms with Crippen LogP contribution in [0.3, 0.4) is 0 Å². The molecule has 1 saturated heterocycles. The van der Waals surface area contributed by atoms with Gasteiger partial charge in [-0.1, -0.05) is 6.07 Å². The first-order chi connectivity index (χ1) is 6.84. The predicted molar refractivity (Wildman–Crippen MR) is 58.3 cm³/mol. The molecule has 1 aliphatic heterocycles. The molecule has 3 nitrogen and oxygen atoms in total. The lowest BCUT2D eigenvalue weighted by Crippen LogP contribution is -2.39. The molecule has 0 bridgehead atoms. The van der Waals surface area contributed by atoms with Gasteiger partial charge in [0.05, 0.1) is 12.7 Å². The first kappa shape index (κ1) is 10.1. The van der Waals surface area contributed by atoms with E-state index in [0.29, 0.717) is 0 Å². The second kappa shape index (κ2) is 4.87. The van der Waals surface area contributed by atoms with E-state index < -0.39 is 0 Å². The van der Waals surface area contributed by atoms with E-state index in [1.165, 1.54) is 0 Å². The van der Waals surface area contributed by atoms with Crippen LogP contribution in [0.15, 0.2) is 22.8 Å². The predicted octanol–water partition coefficient (Wildman–Crippen LogP) is 1.37. The van der Waals surface area contributed by atoms with Crippen LogP contribution in [0.2, 0.25) is 0 Å². The van der Waals surface area contributed by atoms with Crippen LogP contribution in [0, 0.1) is 0 Å². The Morgan fingerprint density at radius 2 is 2.50 bits per heavy atom. The Morgan fingerprint density at radius 1 is 1.57 bits per heavy atom. The molecule has 0 aliphatic carbocycles. The third kappa shape index (κ3) is 2.77. The summed E-state index contributed by atoms with van der Waals surface area (Å²) >= 11 is 3.36. The quantitative estimate of drug-likeness (QED) is 0.813. The lowest BCUT2D eigenvalue weighted by molar-refractivity contribution is 0.0286. The van der Waals surface area contributed by atoms with Crippen molar-refractivity contribution in [3.63, 3.8) is 0 Å². The van der Waals surface area contributed by atoms with Crippen molar-refractivity contribution in [3.05, 3.63) is 28.5 Å². The zero-order chi connectivity index (χ0) is 9.80. The van der Waals surface area contributed by atoms with Gasteiger partial charge in [0, 0.05) is 25.2 Å². The van der Waals surface area contributed by atoms with Gasteiger partial charge in [-0.3, -0.25) is 0 Å². The van der Waals surface area contributed by atoms with E-state index in [9.17, 15) is 0 Å². The summed E-state index contributed by atoms with van der Waals surface area (Å²) in [5.41, 5.74) is 1.08. The van der Waals surface area contributed by atoms with E-state index in [-0.39, 0.29) is 6.10 Å². The average molecular weight is 257 g/mol. The summed E-state index contributed by atoms with van der Waals surface area (Å²) in [5, 5.41) is 3.31. The van der Waals surface area contributed by atoms with Crippen LogP contribution < -0.4 is 5.32 Å². The van der Waals surface area contributed by atoms with Crippen molar-refractivity contribution in [2.45, 2.75) is 12.5 Å². The highest BCUT2D eigenvalue weighted by atomic mass is 79.9. The molecular formula is C10H13BrN2O. The summed E-state index contributed by atoms with van der Waals surface area (Å²) < 4.78 is 6.49. The van der Waals surface area contributed by atoms with Gasteiger partial charge in [-0.05, 0) is 28.1 Å². The molecular weight excluding hydrogens is 244 g/mol. The lowest BCUT2D eigenvalue weighted by Gasteiger charge is -2.23. The number of morpholine rings is 1. The molecule has 0 radical (unpaired) electrons. The van der Waals surface area contributed by atoms with Crippen molar-refractivity contribution < 1.29 is 4.74 Å². The standard InChI is InChI=1S/C10H13BrN2O/c11-10-3-1-2-8(13-10)6-9-7-12-4-5-14-9/h1-3,9,12H,4-7H2. The smallest absolute Gasteiger partial charge is 0.106 e. The van der Waals surface area contributed by atoms with Gasteiger partial charge in [0.1, 0.15) is 4.60 Å². The van der Waals surface area contributed by atoms with Crippen LogP contribution in [-0.2, 0) is 11.2 Å². The first-order valence-corrected chi connectivity index (χ1v) is 5.57. The summed E-state index contributed by atoms with van der Waals surface area (Å²) in [6, 6.07) is 5.97. The van der Waals surface area contributed by atoms with E-state index in [1.54, 1.807) is 0 Å². The molecule has 76 valence electrons. The first-order valence-electron chi connectivity index (χ1n) is 4.78. The van der Waals surface area contributed by atoms with Crippen molar-refractivity contribution in [1.82, 2.24) is 10.3 Å². The molecule has 1 aromatic heterocycles. The zero-order valence-electron chi connectivity index (χ0n) is 7.87. The molecule has 2 rings (SSSR count). The fraction of sp³-hybridized carbons (Fsp3) is 0.500. The van der Waals surface area contributed by atoms with Crippen molar-refractivity contribution >= 4 is 15.9 Å². The molecule has 1 atom stereocenters. The van der Waals surface area contributed by atoms with Gasteiger partial charge in [-0.2, -0.15) is 0 Å². The van der Waals surface area contributed by atoms with Crippen molar-refractivity contribution in [2.24, 2.45) is 0 Å². The number of nitrogens with zero attached hydrogens (tertiary/aromatic N) is 1. The molecule has 0 spiro atoms. The largest absolute Gasteiger partial charge is 0.375 e. The van der Waals surface area contributed by atoms with Crippen LogP contribution in [0.1, 0.15) is 5.69 Å². The number of hydrogen-bond acceptors (Lipinski definition) is 3. The van der Waals surface area contributed by atoms with Crippen LogP contribution in [-0.4, -0.2) is 30.8 Å². The number of ether oxygens (including phenoxy) is 1. The van der Waals surface area contributed by atoms with E-state index in [2.05, 4.69) is 26.2 Å². The maximum Gasteiger partial charge on any atom is 0.106 e. The normalized spacial score (nSPS) is 22.2. The van der Waals surface area contributed by atoms with Gasteiger partial charge in [0.2, 0.25) is 0 Å². The average Bonchev–Trinajstić information content (AvgIpc) is 2.19. The fourth-order valence-corrected chi connectivity index (χ4v) is 1.93. The summed E-state index contributed by atoms with van der Waals surface area (Å²) in [7, 11) is 0. The highest BCUT2D eigenvalue weighted by Gasteiger charge is 2.14. The summed E-state index contributed by atoms with van der Waals surface area (Å²) in [6.45, 7) is 2.69. The maximum absolute atomic E-state index is 5.60. The fourth-order valence-electron chi connectivity index (χ4n) is 1.55. The molecule has 1 aromatic rings. The maximum atomic E-state index is 5.60. The molecule has 1 N–H and O–H groups in total. The Balaban J connectivity index is 1.95. The van der Waals surface area contributed by atoms with Crippen LogP contribution >= 0.6 is 15.9 Å². The molecule has 1 unspecified atom stereocenters. The van der Waals surface area contributed by atoms with Gasteiger partial charge in [-0.15, -0.1) is 0 Å². The minimum absolute atomic E-state index is 0.269. The van der Waals surface area contributed by atoms with Crippen molar-refractivity contribution in [3.8, 4) is 0 Å².